The highest BCUT2D eigenvalue weighted by Crippen LogP contribution is 2.29. The lowest BCUT2D eigenvalue weighted by Crippen LogP contribution is -2.40. The van der Waals surface area contributed by atoms with Crippen LogP contribution >= 0.6 is 0 Å². The van der Waals surface area contributed by atoms with Crippen LogP contribution in [-0.4, -0.2) is 28.9 Å². The number of benzene rings is 2. The number of aromatic nitrogens is 5. The van der Waals surface area contributed by atoms with E-state index in [1.165, 1.54) is 11.5 Å². The Bertz CT molecular complexity index is 1630. The van der Waals surface area contributed by atoms with Gasteiger partial charge in [0.05, 0.1) is 17.9 Å². The molecule has 0 radical (unpaired) electrons. The zero-order chi connectivity index (χ0) is 22.6. The normalized spacial score (nSPS) is 11.5. The molecule has 160 valence electrons. The average Bonchev–Trinajstić information content (AvgIpc) is 3.32. The minimum absolute atomic E-state index is 0.257. The summed E-state index contributed by atoms with van der Waals surface area (Å²) in [5, 5.41) is 0. The summed E-state index contributed by atoms with van der Waals surface area (Å²) in [6.45, 7) is 3.09. The van der Waals surface area contributed by atoms with Crippen LogP contribution in [0.3, 0.4) is 0 Å². The fraction of sp³-hybridized carbons (Fsp3) is 0.167. The third-order valence-corrected chi connectivity index (χ3v) is 5.66. The number of ketones is 1. The molecule has 5 rings (SSSR count). The Morgan fingerprint density at radius 2 is 1.69 bits per heavy atom. The Labute approximate surface area is 182 Å². The summed E-state index contributed by atoms with van der Waals surface area (Å²) in [5.41, 5.74) is 3.21. The quantitative estimate of drug-likeness (QED) is 0.442. The van der Waals surface area contributed by atoms with E-state index in [9.17, 15) is 14.4 Å². The maximum absolute atomic E-state index is 13.3. The van der Waals surface area contributed by atoms with Gasteiger partial charge in [0, 0.05) is 18.8 Å². The van der Waals surface area contributed by atoms with Crippen LogP contribution in [0.25, 0.3) is 33.9 Å². The summed E-state index contributed by atoms with van der Waals surface area (Å²) in [6.07, 6.45) is 1.86. The number of para-hydroxylation sites is 1. The number of hydrogen-bond acceptors (Lipinski definition) is 4. The fourth-order valence-electron chi connectivity index (χ4n) is 4.12. The molecule has 0 saturated carbocycles. The molecule has 0 aliphatic carbocycles. The Morgan fingerprint density at radius 3 is 2.38 bits per heavy atom. The van der Waals surface area contributed by atoms with Gasteiger partial charge in [0.1, 0.15) is 5.78 Å². The van der Waals surface area contributed by atoms with Crippen molar-refractivity contribution < 1.29 is 4.79 Å². The van der Waals surface area contributed by atoms with E-state index in [4.69, 9.17) is 4.98 Å². The van der Waals surface area contributed by atoms with Crippen molar-refractivity contribution >= 4 is 22.7 Å². The van der Waals surface area contributed by atoms with Gasteiger partial charge in [-0.25, -0.2) is 4.79 Å². The number of carbonyl (C=O) groups is 1. The molecule has 0 amide bonds. The molecule has 0 spiro atoms. The van der Waals surface area contributed by atoms with Crippen molar-refractivity contribution in [3.8, 4) is 16.9 Å². The van der Waals surface area contributed by atoms with Gasteiger partial charge in [-0.3, -0.25) is 27.7 Å². The van der Waals surface area contributed by atoms with E-state index in [0.29, 0.717) is 5.78 Å². The van der Waals surface area contributed by atoms with E-state index >= 15 is 0 Å². The highest BCUT2D eigenvalue weighted by molar-refractivity contribution is 5.80. The molecule has 8 nitrogen and oxygen atoms in total. The van der Waals surface area contributed by atoms with Gasteiger partial charge in [-0.15, -0.1) is 0 Å². The summed E-state index contributed by atoms with van der Waals surface area (Å²) in [5.74, 6) is 0.243. The number of Topliss-reactive ketones (excluding diaryl/α,β-unsaturated/α-hetero) is 1. The predicted octanol–water partition coefficient (Wildman–Crippen LogP) is 2.70. The standard InChI is InChI=1S/C24H21N5O3/c1-15-9-7-8-12-18(15)29-19(17-10-5-4-6-11-17)14-27-20-21(25-23(27)29)26(3)24(32)28(22(20)31)13-16(2)30/h4-12,14H,13H2,1-3H3. The van der Waals surface area contributed by atoms with E-state index in [1.54, 1.807) is 11.4 Å². The molecule has 0 atom stereocenters. The number of hydrogen-bond donors (Lipinski definition) is 0. The molecule has 32 heavy (non-hydrogen) atoms. The van der Waals surface area contributed by atoms with Crippen LogP contribution in [0.1, 0.15) is 12.5 Å². The molecule has 0 fully saturated rings. The average molecular weight is 427 g/mol. The second kappa shape index (κ2) is 7.19. The van der Waals surface area contributed by atoms with Crippen molar-refractivity contribution in [2.45, 2.75) is 20.4 Å². The third-order valence-electron chi connectivity index (χ3n) is 5.66. The largest absolute Gasteiger partial charge is 0.332 e. The summed E-state index contributed by atoms with van der Waals surface area (Å²) in [4.78, 5) is 42.5. The maximum Gasteiger partial charge on any atom is 0.332 e. The number of nitrogens with zero attached hydrogens (tertiary/aromatic N) is 5. The van der Waals surface area contributed by atoms with Crippen molar-refractivity contribution in [1.29, 1.82) is 0 Å². The van der Waals surface area contributed by atoms with Gasteiger partial charge in [-0.05, 0) is 25.5 Å². The SMILES string of the molecule is CC(=O)Cn1c(=O)c2c(nc3n(-c4ccccc4C)c(-c4ccccc4)cn23)n(C)c1=O. The molecule has 5 aromatic rings. The lowest BCUT2D eigenvalue weighted by Gasteiger charge is -2.11. The first-order valence-electron chi connectivity index (χ1n) is 10.2. The van der Waals surface area contributed by atoms with Gasteiger partial charge in [0.15, 0.2) is 11.2 Å². The van der Waals surface area contributed by atoms with E-state index in [0.717, 1.165) is 27.1 Å². The predicted molar refractivity (Wildman–Crippen MR) is 122 cm³/mol. The van der Waals surface area contributed by atoms with Crippen molar-refractivity contribution in [1.82, 2.24) is 23.1 Å². The number of fused-ring (bicyclic) bond motifs is 3. The highest BCUT2D eigenvalue weighted by atomic mass is 16.2. The van der Waals surface area contributed by atoms with Gasteiger partial charge in [-0.2, -0.15) is 4.98 Å². The van der Waals surface area contributed by atoms with Crippen molar-refractivity contribution in [2.75, 3.05) is 0 Å². The summed E-state index contributed by atoms with van der Waals surface area (Å²) < 4.78 is 5.98. The molecule has 0 unspecified atom stereocenters. The van der Waals surface area contributed by atoms with Crippen molar-refractivity contribution in [3.63, 3.8) is 0 Å². The van der Waals surface area contributed by atoms with Crippen LogP contribution in [0, 0.1) is 6.92 Å². The Hall–Kier alpha value is -4.20. The molecular formula is C24H21N5O3. The van der Waals surface area contributed by atoms with E-state index in [1.807, 2.05) is 72.3 Å². The third kappa shape index (κ3) is 2.84. The maximum atomic E-state index is 13.3. The first-order chi connectivity index (χ1) is 15.4. The smallest absolute Gasteiger partial charge is 0.298 e. The van der Waals surface area contributed by atoms with Gasteiger partial charge in [0.25, 0.3) is 5.56 Å². The van der Waals surface area contributed by atoms with Crippen LogP contribution < -0.4 is 11.2 Å². The lowest BCUT2D eigenvalue weighted by molar-refractivity contribution is -0.117. The second-order valence-corrected chi connectivity index (χ2v) is 7.89. The van der Waals surface area contributed by atoms with Gasteiger partial charge in [-0.1, -0.05) is 48.5 Å². The van der Waals surface area contributed by atoms with Crippen molar-refractivity contribution in [3.05, 3.63) is 87.2 Å². The van der Waals surface area contributed by atoms with E-state index in [-0.39, 0.29) is 23.5 Å². The Balaban J connectivity index is 1.96. The molecule has 8 heteroatoms. The molecule has 3 heterocycles. The molecular weight excluding hydrogens is 406 g/mol. The lowest BCUT2D eigenvalue weighted by atomic mass is 10.1. The van der Waals surface area contributed by atoms with E-state index < -0.39 is 11.2 Å². The van der Waals surface area contributed by atoms with Crippen LogP contribution in [0.15, 0.2) is 70.4 Å². The molecule has 3 aromatic heterocycles. The zero-order valence-corrected chi connectivity index (χ0v) is 17.9. The van der Waals surface area contributed by atoms with Crippen LogP contribution in [0.2, 0.25) is 0 Å². The van der Waals surface area contributed by atoms with Crippen LogP contribution in [0.4, 0.5) is 0 Å². The second-order valence-electron chi connectivity index (χ2n) is 7.89. The Morgan fingerprint density at radius 1 is 1.00 bits per heavy atom. The number of rotatable bonds is 4. The minimum Gasteiger partial charge on any atom is -0.298 e. The minimum atomic E-state index is -0.566. The molecule has 0 aliphatic rings. The van der Waals surface area contributed by atoms with Crippen LogP contribution in [-0.2, 0) is 18.4 Å². The molecule has 0 saturated heterocycles. The van der Waals surface area contributed by atoms with Gasteiger partial charge < -0.3 is 0 Å². The zero-order valence-electron chi connectivity index (χ0n) is 17.9. The highest BCUT2D eigenvalue weighted by Gasteiger charge is 2.23. The first kappa shape index (κ1) is 19.7. The van der Waals surface area contributed by atoms with Gasteiger partial charge >= 0.3 is 5.69 Å². The summed E-state index contributed by atoms with van der Waals surface area (Å²) in [7, 11) is 1.56. The molecule has 0 N–H and O–H groups in total. The topological polar surface area (TPSA) is 83.3 Å². The Kier molecular flexibility index (Phi) is 4.44. The monoisotopic (exact) mass is 427 g/mol. The first-order valence-corrected chi connectivity index (χ1v) is 10.2. The van der Waals surface area contributed by atoms with Crippen LogP contribution in [0.5, 0.6) is 0 Å². The molecule has 2 aromatic carbocycles. The number of aryl methyl sites for hydroxylation is 2. The van der Waals surface area contributed by atoms with Crippen molar-refractivity contribution in [2.24, 2.45) is 7.05 Å². The number of carbonyl (C=O) groups excluding carboxylic acids is 1. The van der Waals surface area contributed by atoms with E-state index in [2.05, 4.69) is 0 Å². The molecule has 0 aliphatic heterocycles. The summed E-state index contributed by atoms with van der Waals surface area (Å²) in [6, 6.07) is 17.8. The summed E-state index contributed by atoms with van der Waals surface area (Å²) >= 11 is 0. The fourth-order valence-corrected chi connectivity index (χ4v) is 4.12. The molecule has 0 bridgehead atoms. The van der Waals surface area contributed by atoms with Gasteiger partial charge in [0.2, 0.25) is 5.78 Å². The number of imidazole rings is 2.